The van der Waals surface area contributed by atoms with Crippen LogP contribution in [0.25, 0.3) is 0 Å². The molecule has 1 N–H and O–H groups in total. The number of benzene rings is 1. The van der Waals surface area contributed by atoms with Gasteiger partial charge in [-0.25, -0.2) is 17.2 Å². The first-order chi connectivity index (χ1) is 11.8. The average molecular weight is 375 g/mol. The Morgan fingerprint density at radius 2 is 1.92 bits per heavy atom. The Hall–Kier alpha value is -1.58. The summed E-state index contributed by atoms with van der Waals surface area (Å²) in [5.41, 5.74) is 0. The highest BCUT2D eigenvalue weighted by atomic mass is 32.2. The first-order valence-electron chi connectivity index (χ1n) is 8.12. The normalized spacial score (nSPS) is 16.8. The number of halogens is 2. The van der Waals surface area contributed by atoms with E-state index >= 15 is 0 Å². The SMILES string of the molecule is CNCCN(C)C(=O)C1CCN(S(=O)(=O)c2ccc(F)c(F)c2)CC1. The molecule has 0 aromatic heterocycles. The van der Waals surface area contributed by atoms with Gasteiger partial charge in [0.2, 0.25) is 15.9 Å². The minimum atomic E-state index is -3.89. The summed E-state index contributed by atoms with van der Waals surface area (Å²) in [5, 5.41) is 2.97. The standard InChI is InChI=1S/C16H23F2N3O3S/c1-19-7-10-20(2)16(22)12-5-8-21(9-6-12)25(23,24)13-3-4-14(17)15(18)11-13/h3-4,11-12,19H,5-10H2,1-2H3. The van der Waals surface area contributed by atoms with Crippen LogP contribution in [0.15, 0.2) is 23.1 Å². The molecule has 1 aliphatic heterocycles. The van der Waals surface area contributed by atoms with Crippen molar-refractivity contribution in [1.29, 1.82) is 0 Å². The molecule has 1 saturated heterocycles. The van der Waals surface area contributed by atoms with Gasteiger partial charge in [-0.3, -0.25) is 4.79 Å². The average Bonchev–Trinajstić information content (AvgIpc) is 2.61. The van der Waals surface area contributed by atoms with E-state index in [0.717, 1.165) is 12.1 Å². The zero-order valence-electron chi connectivity index (χ0n) is 14.3. The maximum absolute atomic E-state index is 13.3. The van der Waals surface area contributed by atoms with Crippen LogP contribution in [0.3, 0.4) is 0 Å². The lowest BCUT2D eigenvalue weighted by atomic mass is 9.97. The molecule has 0 bridgehead atoms. The maximum atomic E-state index is 13.3. The summed E-state index contributed by atoms with van der Waals surface area (Å²) in [6.45, 7) is 1.63. The fourth-order valence-electron chi connectivity index (χ4n) is 2.83. The van der Waals surface area contributed by atoms with Gasteiger partial charge >= 0.3 is 0 Å². The number of hydrogen-bond acceptors (Lipinski definition) is 4. The van der Waals surface area contributed by atoms with Crippen molar-refractivity contribution in [2.24, 2.45) is 5.92 Å². The van der Waals surface area contributed by atoms with Crippen molar-refractivity contribution in [3.8, 4) is 0 Å². The van der Waals surface area contributed by atoms with Gasteiger partial charge in [-0.2, -0.15) is 4.31 Å². The van der Waals surface area contributed by atoms with E-state index in [1.54, 1.807) is 19.0 Å². The molecule has 0 spiro atoms. The zero-order valence-corrected chi connectivity index (χ0v) is 15.2. The van der Waals surface area contributed by atoms with Crippen LogP contribution in [0, 0.1) is 17.6 Å². The van der Waals surface area contributed by atoms with Crippen LogP contribution in [0.4, 0.5) is 8.78 Å². The van der Waals surface area contributed by atoms with Crippen LogP contribution in [0.1, 0.15) is 12.8 Å². The Labute approximate surface area is 146 Å². The van der Waals surface area contributed by atoms with E-state index in [-0.39, 0.29) is 29.8 Å². The molecule has 9 heteroatoms. The predicted molar refractivity (Wildman–Crippen MR) is 89.4 cm³/mol. The van der Waals surface area contributed by atoms with Crippen LogP contribution in [-0.4, -0.2) is 63.8 Å². The number of hydrogen-bond donors (Lipinski definition) is 1. The molecule has 0 saturated carbocycles. The molecule has 0 radical (unpaired) electrons. The number of carbonyl (C=O) groups excluding carboxylic acids is 1. The minimum absolute atomic E-state index is 0.000115. The number of carbonyl (C=O) groups is 1. The van der Waals surface area contributed by atoms with E-state index in [4.69, 9.17) is 0 Å². The molecule has 1 amide bonds. The smallest absolute Gasteiger partial charge is 0.243 e. The number of sulfonamides is 1. The van der Waals surface area contributed by atoms with Crippen LogP contribution in [-0.2, 0) is 14.8 Å². The molecule has 140 valence electrons. The third-order valence-corrected chi connectivity index (χ3v) is 6.30. The lowest BCUT2D eigenvalue weighted by molar-refractivity contribution is -0.135. The predicted octanol–water partition coefficient (Wildman–Crippen LogP) is 1.04. The number of likely N-dealkylation sites (N-methyl/N-ethyl adjacent to an activating group) is 2. The van der Waals surface area contributed by atoms with E-state index in [0.29, 0.717) is 32.0 Å². The highest BCUT2D eigenvalue weighted by Crippen LogP contribution is 2.25. The number of nitrogens with zero attached hydrogens (tertiary/aromatic N) is 2. The topological polar surface area (TPSA) is 69.7 Å². The van der Waals surface area contributed by atoms with Gasteiger partial charge in [0.1, 0.15) is 0 Å². The van der Waals surface area contributed by atoms with Gasteiger partial charge in [-0.15, -0.1) is 0 Å². The third kappa shape index (κ3) is 4.53. The van der Waals surface area contributed by atoms with Crippen molar-refractivity contribution >= 4 is 15.9 Å². The Morgan fingerprint density at radius 1 is 1.28 bits per heavy atom. The summed E-state index contributed by atoms with van der Waals surface area (Å²) in [5.74, 6) is -2.51. The molecular weight excluding hydrogens is 352 g/mol. The van der Waals surface area contributed by atoms with E-state index in [2.05, 4.69) is 5.32 Å². The lowest BCUT2D eigenvalue weighted by Crippen LogP contribution is -2.44. The molecule has 2 rings (SSSR count). The highest BCUT2D eigenvalue weighted by molar-refractivity contribution is 7.89. The second-order valence-electron chi connectivity index (χ2n) is 6.12. The molecule has 1 aliphatic rings. The number of amides is 1. The third-order valence-electron chi connectivity index (χ3n) is 4.41. The van der Waals surface area contributed by atoms with E-state index in [1.807, 2.05) is 0 Å². The summed E-state index contributed by atoms with van der Waals surface area (Å²) in [4.78, 5) is 13.7. The molecule has 0 atom stereocenters. The van der Waals surface area contributed by atoms with Crippen LogP contribution in [0.2, 0.25) is 0 Å². The Balaban J connectivity index is 2.01. The first kappa shape index (κ1) is 19.7. The van der Waals surface area contributed by atoms with E-state index in [1.165, 1.54) is 4.31 Å². The number of piperidine rings is 1. The van der Waals surface area contributed by atoms with Crippen molar-refractivity contribution in [2.45, 2.75) is 17.7 Å². The number of nitrogens with one attached hydrogen (secondary N) is 1. The fourth-order valence-corrected chi connectivity index (χ4v) is 4.31. The molecule has 1 heterocycles. The Kier molecular flexibility index (Phi) is 6.47. The molecule has 1 fully saturated rings. The monoisotopic (exact) mass is 375 g/mol. The summed E-state index contributed by atoms with van der Waals surface area (Å²) in [6, 6.07) is 2.54. The van der Waals surface area contributed by atoms with Crippen molar-refractivity contribution < 1.29 is 22.0 Å². The van der Waals surface area contributed by atoms with Crippen LogP contribution < -0.4 is 5.32 Å². The Bertz CT molecular complexity index is 719. The quantitative estimate of drug-likeness (QED) is 0.807. The molecule has 25 heavy (non-hydrogen) atoms. The van der Waals surface area contributed by atoms with Gasteiger partial charge in [0.25, 0.3) is 0 Å². The van der Waals surface area contributed by atoms with Crippen LogP contribution in [0.5, 0.6) is 0 Å². The van der Waals surface area contributed by atoms with Gasteiger partial charge < -0.3 is 10.2 Å². The molecule has 1 aromatic carbocycles. The molecule has 6 nitrogen and oxygen atoms in total. The maximum Gasteiger partial charge on any atom is 0.243 e. The van der Waals surface area contributed by atoms with E-state index in [9.17, 15) is 22.0 Å². The molecule has 1 aromatic rings. The summed E-state index contributed by atoms with van der Waals surface area (Å²) < 4.78 is 52.6. The number of rotatable bonds is 6. The minimum Gasteiger partial charge on any atom is -0.344 e. The van der Waals surface area contributed by atoms with Gasteiger partial charge in [0.05, 0.1) is 4.90 Å². The summed E-state index contributed by atoms with van der Waals surface area (Å²) >= 11 is 0. The van der Waals surface area contributed by atoms with Crippen molar-refractivity contribution in [3.63, 3.8) is 0 Å². The van der Waals surface area contributed by atoms with Crippen molar-refractivity contribution in [2.75, 3.05) is 40.3 Å². The summed E-state index contributed by atoms with van der Waals surface area (Å²) in [6.07, 6.45) is 0.817. The molecule has 0 aliphatic carbocycles. The van der Waals surface area contributed by atoms with Crippen molar-refractivity contribution in [3.05, 3.63) is 29.8 Å². The second-order valence-corrected chi connectivity index (χ2v) is 8.06. The van der Waals surface area contributed by atoms with Gasteiger partial charge in [0, 0.05) is 39.1 Å². The largest absolute Gasteiger partial charge is 0.344 e. The van der Waals surface area contributed by atoms with Gasteiger partial charge in [-0.1, -0.05) is 0 Å². The second kappa shape index (κ2) is 8.20. The lowest BCUT2D eigenvalue weighted by Gasteiger charge is -2.32. The zero-order chi connectivity index (χ0) is 18.6. The molecular formula is C16H23F2N3O3S. The molecule has 0 unspecified atom stereocenters. The summed E-state index contributed by atoms with van der Waals surface area (Å²) in [7, 11) is -0.361. The Morgan fingerprint density at radius 3 is 2.48 bits per heavy atom. The van der Waals surface area contributed by atoms with Crippen LogP contribution >= 0.6 is 0 Å². The highest BCUT2D eigenvalue weighted by Gasteiger charge is 2.33. The van der Waals surface area contributed by atoms with E-state index < -0.39 is 21.7 Å². The first-order valence-corrected chi connectivity index (χ1v) is 9.56. The fraction of sp³-hybridized carbons (Fsp3) is 0.562. The van der Waals surface area contributed by atoms with Crippen molar-refractivity contribution in [1.82, 2.24) is 14.5 Å². The van der Waals surface area contributed by atoms with Gasteiger partial charge in [0.15, 0.2) is 11.6 Å². The van der Waals surface area contributed by atoms with Gasteiger partial charge in [-0.05, 0) is 38.1 Å².